The minimum atomic E-state index is 0.684. The molecule has 1 rings (SSSR count). The average molecular weight is 226 g/mol. The van der Waals surface area contributed by atoms with Gasteiger partial charge in [-0.15, -0.1) is 0 Å². The highest BCUT2D eigenvalue weighted by Crippen LogP contribution is 2.16. The summed E-state index contributed by atoms with van der Waals surface area (Å²) in [7, 11) is 2.06. The third-order valence-corrected chi connectivity index (χ3v) is 3.96. The Bertz CT molecular complexity index is 170. The quantitative estimate of drug-likeness (QED) is 0.701. The van der Waals surface area contributed by atoms with E-state index in [9.17, 15) is 0 Å². The van der Waals surface area contributed by atoms with Crippen molar-refractivity contribution in [2.45, 2.75) is 58.4 Å². The largest absolute Gasteiger partial charge is 0.317 e. The minimum absolute atomic E-state index is 0.684. The van der Waals surface area contributed by atoms with Crippen molar-refractivity contribution in [2.24, 2.45) is 5.92 Å². The first kappa shape index (κ1) is 14.0. The Morgan fingerprint density at radius 3 is 2.81 bits per heavy atom. The molecule has 0 aliphatic carbocycles. The van der Waals surface area contributed by atoms with E-state index < -0.39 is 0 Å². The molecule has 0 bridgehead atoms. The summed E-state index contributed by atoms with van der Waals surface area (Å²) in [5, 5.41) is 3.31. The third-order valence-electron chi connectivity index (χ3n) is 3.96. The van der Waals surface area contributed by atoms with Crippen molar-refractivity contribution in [3.05, 3.63) is 0 Å². The highest BCUT2D eigenvalue weighted by molar-refractivity contribution is 4.67. The van der Waals surface area contributed by atoms with Crippen molar-refractivity contribution in [3.8, 4) is 0 Å². The maximum absolute atomic E-state index is 3.31. The first-order valence-electron chi connectivity index (χ1n) is 7.12. The molecular weight excluding hydrogens is 196 g/mol. The molecule has 2 heteroatoms. The number of hydrogen-bond acceptors (Lipinski definition) is 2. The van der Waals surface area contributed by atoms with Crippen LogP contribution < -0.4 is 5.32 Å². The molecular formula is C14H30N2. The zero-order chi connectivity index (χ0) is 11.8. The van der Waals surface area contributed by atoms with Crippen LogP contribution in [-0.2, 0) is 0 Å². The molecule has 1 saturated heterocycles. The molecule has 0 amide bonds. The molecule has 0 aromatic carbocycles. The number of likely N-dealkylation sites (tertiary alicyclic amines) is 1. The van der Waals surface area contributed by atoms with E-state index in [1.165, 1.54) is 58.2 Å². The molecule has 0 spiro atoms. The van der Waals surface area contributed by atoms with Gasteiger partial charge in [0, 0.05) is 6.04 Å². The lowest BCUT2D eigenvalue weighted by Gasteiger charge is -2.20. The van der Waals surface area contributed by atoms with Crippen molar-refractivity contribution in [1.29, 1.82) is 0 Å². The van der Waals surface area contributed by atoms with Crippen molar-refractivity contribution in [3.63, 3.8) is 0 Å². The van der Waals surface area contributed by atoms with Gasteiger partial charge in [0.25, 0.3) is 0 Å². The summed E-state index contributed by atoms with van der Waals surface area (Å²) in [6.45, 7) is 8.67. The van der Waals surface area contributed by atoms with Crippen molar-refractivity contribution < 1.29 is 0 Å². The Kier molecular flexibility index (Phi) is 7.06. The fourth-order valence-corrected chi connectivity index (χ4v) is 2.48. The molecule has 1 N–H and O–H groups in total. The topological polar surface area (TPSA) is 15.3 Å². The molecule has 0 radical (unpaired) electrons. The van der Waals surface area contributed by atoms with Crippen LogP contribution in [-0.4, -0.2) is 37.6 Å². The number of unbranched alkanes of at least 4 members (excludes halogenated alkanes) is 1. The fraction of sp³-hybridized carbons (Fsp3) is 1.00. The van der Waals surface area contributed by atoms with Gasteiger partial charge in [0.15, 0.2) is 0 Å². The fourth-order valence-electron chi connectivity index (χ4n) is 2.48. The smallest absolute Gasteiger partial charge is 0.00357 e. The molecule has 1 aliphatic heterocycles. The Hall–Kier alpha value is -0.0800. The Labute approximate surface area is 102 Å². The van der Waals surface area contributed by atoms with E-state index in [1.807, 2.05) is 0 Å². The van der Waals surface area contributed by atoms with Gasteiger partial charge >= 0.3 is 0 Å². The summed E-state index contributed by atoms with van der Waals surface area (Å²) in [5.74, 6) is 0.953. The average Bonchev–Trinajstić information content (AvgIpc) is 2.49. The summed E-state index contributed by atoms with van der Waals surface area (Å²) in [4.78, 5) is 2.67. The SMILES string of the molecule is CNC(C)CCCCN1CCCC(C)CC1. The van der Waals surface area contributed by atoms with Gasteiger partial charge in [-0.2, -0.15) is 0 Å². The normalized spacial score (nSPS) is 25.3. The lowest BCUT2D eigenvalue weighted by atomic mass is 10.0. The molecule has 0 aromatic rings. The Morgan fingerprint density at radius 2 is 2.06 bits per heavy atom. The third kappa shape index (κ3) is 5.86. The first-order chi connectivity index (χ1) is 7.72. The molecule has 0 saturated carbocycles. The van der Waals surface area contributed by atoms with Gasteiger partial charge in [0.05, 0.1) is 0 Å². The van der Waals surface area contributed by atoms with Gasteiger partial charge in [-0.05, 0) is 71.6 Å². The van der Waals surface area contributed by atoms with Gasteiger partial charge in [-0.3, -0.25) is 0 Å². The van der Waals surface area contributed by atoms with Crippen molar-refractivity contribution in [2.75, 3.05) is 26.7 Å². The summed E-state index contributed by atoms with van der Waals surface area (Å²) < 4.78 is 0. The summed E-state index contributed by atoms with van der Waals surface area (Å²) in [6.07, 6.45) is 8.32. The van der Waals surface area contributed by atoms with E-state index in [0.29, 0.717) is 6.04 Å². The molecule has 2 atom stereocenters. The monoisotopic (exact) mass is 226 g/mol. The number of hydrogen-bond donors (Lipinski definition) is 1. The zero-order valence-corrected chi connectivity index (χ0v) is 11.5. The number of nitrogens with zero attached hydrogens (tertiary/aromatic N) is 1. The summed E-state index contributed by atoms with van der Waals surface area (Å²) in [5.41, 5.74) is 0. The van der Waals surface area contributed by atoms with Gasteiger partial charge in [0.1, 0.15) is 0 Å². The maximum Gasteiger partial charge on any atom is 0.00357 e. The second-order valence-corrected chi connectivity index (χ2v) is 5.56. The van der Waals surface area contributed by atoms with Crippen LogP contribution in [0.5, 0.6) is 0 Å². The molecule has 0 aromatic heterocycles. The van der Waals surface area contributed by atoms with Crippen LogP contribution in [0.25, 0.3) is 0 Å². The van der Waals surface area contributed by atoms with E-state index in [2.05, 4.69) is 31.1 Å². The molecule has 2 nitrogen and oxygen atoms in total. The van der Waals surface area contributed by atoms with E-state index in [0.717, 1.165) is 5.92 Å². The van der Waals surface area contributed by atoms with Crippen LogP contribution in [0.3, 0.4) is 0 Å². The molecule has 1 aliphatic rings. The van der Waals surface area contributed by atoms with E-state index >= 15 is 0 Å². The van der Waals surface area contributed by atoms with E-state index in [-0.39, 0.29) is 0 Å². The zero-order valence-electron chi connectivity index (χ0n) is 11.5. The molecule has 2 unspecified atom stereocenters. The lowest BCUT2D eigenvalue weighted by Crippen LogP contribution is -2.26. The van der Waals surface area contributed by atoms with E-state index in [4.69, 9.17) is 0 Å². The standard InChI is InChI=1S/C14H30N2/c1-13-7-6-11-16(12-9-13)10-5-4-8-14(2)15-3/h13-15H,4-12H2,1-3H3. The summed E-state index contributed by atoms with van der Waals surface area (Å²) in [6, 6.07) is 0.684. The van der Waals surface area contributed by atoms with Crippen LogP contribution in [0.2, 0.25) is 0 Å². The van der Waals surface area contributed by atoms with Crippen molar-refractivity contribution >= 4 is 0 Å². The lowest BCUT2D eigenvalue weighted by molar-refractivity contribution is 0.273. The predicted molar refractivity (Wildman–Crippen MR) is 71.8 cm³/mol. The predicted octanol–water partition coefficient (Wildman–Crippen LogP) is 2.89. The van der Waals surface area contributed by atoms with E-state index in [1.54, 1.807) is 0 Å². The first-order valence-corrected chi connectivity index (χ1v) is 7.12. The van der Waals surface area contributed by atoms with Gasteiger partial charge in [-0.1, -0.05) is 13.3 Å². The minimum Gasteiger partial charge on any atom is -0.317 e. The van der Waals surface area contributed by atoms with Crippen LogP contribution >= 0.6 is 0 Å². The highest BCUT2D eigenvalue weighted by Gasteiger charge is 2.12. The molecule has 96 valence electrons. The van der Waals surface area contributed by atoms with Crippen LogP contribution in [0.4, 0.5) is 0 Å². The maximum atomic E-state index is 3.31. The molecule has 1 fully saturated rings. The summed E-state index contributed by atoms with van der Waals surface area (Å²) >= 11 is 0. The van der Waals surface area contributed by atoms with Crippen LogP contribution in [0, 0.1) is 5.92 Å². The van der Waals surface area contributed by atoms with Gasteiger partial charge < -0.3 is 10.2 Å². The van der Waals surface area contributed by atoms with Crippen LogP contribution in [0.1, 0.15) is 52.4 Å². The number of nitrogens with one attached hydrogen (secondary N) is 1. The highest BCUT2D eigenvalue weighted by atomic mass is 15.1. The van der Waals surface area contributed by atoms with Gasteiger partial charge in [-0.25, -0.2) is 0 Å². The second-order valence-electron chi connectivity index (χ2n) is 5.56. The molecule has 16 heavy (non-hydrogen) atoms. The van der Waals surface area contributed by atoms with Crippen LogP contribution in [0.15, 0.2) is 0 Å². The Morgan fingerprint density at radius 1 is 1.25 bits per heavy atom. The second kappa shape index (κ2) is 8.08. The Balaban J connectivity index is 2.03. The molecule has 1 heterocycles. The van der Waals surface area contributed by atoms with Gasteiger partial charge in [0.2, 0.25) is 0 Å². The number of rotatable bonds is 6. The van der Waals surface area contributed by atoms with Crippen molar-refractivity contribution in [1.82, 2.24) is 10.2 Å².